The standard InChI is InChI=1S/C6H12N6/c1-11-6(8-9-10-11)12-4-2-7-3-5-12/h7H,2-5H2,1H3. The molecule has 1 aliphatic rings. The van der Waals surface area contributed by atoms with E-state index in [1.165, 1.54) is 0 Å². The van der Waals surface area contributed by atoms with Gasteiger partial charge in [-0.1, -0.05) is 5.10 Å². The van der Waals surface area contributed by atoms with Crippen molar-refractivity contribution in [3.63, 3.8) is 0 Å². The molecule has 66 valence electrons. The molecule has 0 bridgehead atoms. The third-order valence-corrected chi connectivity index (χ3v) is 2.00. The predicted octanol–water partition coefficient (Wildman–Crippen LogP) is -1.38. The Morgan fingerprint density at radius 2 is 2.08 bits per heavy atom. The quantitative estimate of drug-likeness (QED) is 0.560. The van der Waals surface area contributed by atoms with E-state index in [1.807, 2.05) is 7.05 Å². The first-order chi connectivity index (χ1) is 5.88. The van der Waals surface area contributed by atoms with Gasteiger partial charge in [0.25, 0.3) is 0 Å². The third-order valence-electron chi connectivity index (χ3n) is 2.00. The smallest absolute Gasteiger partial charge is 0.245 e. The first-order valence-corrected chi connectivity index (χ1v) is 4.06. The number of tetrazole rings is 1. The molecule has 6 nitrogen and oxygen atoms in total. The van der Waals surface area contributed by atoms with Crippen LogP contribution >= 0.6 is 0 Å². The molecule has 2 rings (SSSR count). The molecule has 0 aliphatic carbocycles. The molecule has 0 saturated carbocycles. The van der Waals surface area contributed by atoms with Crippen LogP contribution in [0.3, 0.4) is 0 Å². The topological polar surface area (TPSA) is 58.9 Å². The average Bonchev–Trinajstić information content (AvgIpc) is 2.53. The number of rotatable bonds is 1. The highest BCUT2D eigenvalue weighted by molar-refractivity contribution is 5.28. The molecular formula is C6H12N6. The van der Waals surface area contributed by atoms with Gasteiger partial charge in [-0.25, -0.2) is 4.68 Å². The van der Waals surface area contributed by atoms with Gasteiger partial charge in [0.2, 0.25) is 5.95 Å². The number of nitrogens with zero attached hydrogens (tertiary/aromatic N) is 5. The summed E-state index contributed by atoms with van der Waals surface area (Å²) in [6.45, 7) is 3.97. The summed E-state index contributed by atoms with van der Waals surface area (Å²) in [7, 11) is 1.86. The Bertz CT molecular complexity index is 250. The summed E-state index contributed by atoms with van der Waals surface area (Å²) in [5, 5.41) is 14.6. The number of hydrogen-bond donors (Lipinski definition) is 1. The van der Waals surface area contributed by atoms with Gasteiger partial charge >= 0.3 is 0 Å². The lowest BCUT2D eigenvalue weighted by Gasteiger charge is -2.26. The lowest BCUT2D eigenvalue weighted by atomic mass is 10.4. The van der Waals surface area contributed by atoms with Crippen molar-refractivity contribution in [1.29, 1.82) is 0 Å². The molecule has 0 unspecified atom stereocenters. The Morgan fingerprint density at radius 3 is 2.67 bits per heavy atom. The van der Waals surface area contributed by atoms with Crippen molar-refractivity contribution < 1.29 is 0 Å². The summed E-state index contributed by atoms with van der Waals surface area (Å²) in [4.78, 5) is 2.18. The summed E-state index contributed by atoms with van der Waals surface area (Å²) in [5.41, 5.74) is 0. The van der Waals surface area contributed by atoms with E-state index in [1.54, 1.807) is 4.68 Å². The first kappa shape index (κ1) is 7.48. The zero-order chi connectivity index (χ0) is 8.39. The maximum absolute atomic E-state index is 3.94. The second-order valence-electron chi connectivity index (χ2n) is 2.84. The Labute approximate surface area is 70.5 Å². The van der Waals surface area contributed by atoms with Crippen molar-refractivity contribution in [3.8, 4) is 0 Å². The van der Waals surface area contributed by atoms with Gasteiger partial charge in [0.1, 0.15) is 0 Å². The summed E-state index contributed by atoms with van der Waals surface area (Å²) >= 11 is 0. The highest BCUT2D eigenvalue weighted by atomic mass is 15.6. The minimum atomic E-state index is 0.858. The van der Waals surface area contributed by atoms with Crippen molar-refractivity contribution in [1.82, 2.24) is 25.5 Å². The van der Waals surface area contributed by atoms with Crippen LogP contribution in [0, 0.1) is 0 Å². The maximum Gasteiger partial charge on any atom is 0.245 e. The van der Waals surface area contributed by atoms with E-state index in [4.69, 9.17) is 0 Å². The van der Waals surface area contributed by atoms with Gasteiger partial charge in [-0.05, 0) is 10.4 Å². The number of nitrogens with one attached hydrogen (secondary N) is 1. The minimum Gasteiger partial charge on any atom is -0.337 e. The number of aromatic nitrogens is 4. The normalized spacial score (nSPS) is 18.2. The lowest BCUT2D eigenvalue weighted by Crippen LogP contribution is -2.44. The van der Waals surface area contributed by atoms with Crippen LogP contribution in [0.15, 0.2) is 0 Å². The lowest BCUT2D eigenvalue weighted by molar-refractivity contribution is 0.568. The zero-order valence-corrected chi connectivity index (χ0v) is 7.06. The van der Waals surface area contributed by atoms with Crippen LogP contribution in [0.4, 0.5) is 5.95 Å². The largest absolute Gasteiger partial charge is 0.337 e. The van der Waals surface area contributed by atoms with E-state index in [0.29, 0.717) is 0 Å². The minimum absolute atomic E-state index is 0.858. The first-order valence-electron chi connectivity index (χ1n) is 4.06. The van der Waals surface area contributed by atoms with Crippen LogP contribution in [0.2, 0.25) is 0 Å². The number of anilines is 1. The second kappa shape index (κ2) is 3.06. The van der Waals surface area contributed by atoms with E-state index in [-0.39, 0.29) is 0 Å². The van der Waals surface area contributed by atoms with Crippen molar-refractivity contribution >= 4 is 5.95 Å². The predicted molar refractivity (Wildman–Crippen MR) is 43.9 cm³/mol. The van der Waals surface area contributed by atoms with Crippen LogP contribution in [0.25, 0.3) is 0 Å². The number of hydrogen-bond acceptors (Lipinski definition) is 5. The molecule has 1 aromatic rings. The number of piperazine rings is 1. The van der Waals surface area contributed by atoms with E-state index in [9.17, 15) is 0 Å². The molecule has 1 N–H and O–H groups in total. The zero-order valence-electron chi connectivity index (χ0n) is 7.06. The fraction of sp³-hybridized carbons (Fsp3) is 0.833. The summed E-state index contributed by atoms with van der Waals surface area (Å²) < 4.78 is 1.70. The van der Waals surface area contributed by atoms with Crippen LogP contribution in [-0.4, -0.2) is 46.4 Å². The van der Waals surface area contributed by atoms with Crippen LogP contribution in [0.1, 0.15) is 0 Å². The Kier molecular flexibility index (Phi) is 1.91. The Morgan fingerprint density at radius 1 is 1.33 bits per heavy atom. The molecule has 0 spiro atoms. The van der Waals surface area contributed by atoms with Gasteiger partial charge in [-0.15, -0.1) is 0 Å². The summed E-state index contributed by atoms with van der Waals surface area (Å²) in [5.74, 6) is 0.858. The van der Waals surface area contributed by atoms with Gasteiger partial charge in [0.15, 0.2) is 0 Å². The van der Waals surface area contributed by atoms with Gasteiger partial charge in [0.05, 0.1) is 0 Å². The van der Waals surface area contributed by atoms with Gasteiger partial charge < -0.3 is 10.2 Å². The van der Waals surface area contributed by atoms with Gasteiger partial charge in [-0.2, -0.15) is 0 Å². The van der Waals surface area contributed by atoms with Crippen molar-refractivity contribution in [2.45, 2.75) is 0 Å². The Hall–Kier alpha value is -1.17. The molecule has 2 heterocycles. The Balaban J connectivity index is 2.13. The monoisotopic (exact) mass is 168 g/mol. The second-order valence-corrected chi connectivity index (χ2v) is 2.84. The highest BCUT2D eigenvalue weighted by Gasteiger charge is 2.14. The van der Waals surface area contributed by atoms with Crippen LogP contribution < -0.4 is 10.2 Å². The molecule has 0 radical (unpaired) electrons. The molecule has 0 atom stereocenters. The van der Waals surface area contributed by atoms with Crippen molar-refractivity contribution in [3.05, 3.63) is 0 Å². The molecule has 1 saturated heterocycles. The van der Waals surface area contributed by atoms with E-state index < -0.39 is 0 Å². The van der Waals surface area contributed by atoms with Crippen LogP contribution in [0.5, 0.6) is 0 Å². The van der Waals surface area contributed by atoms with Gasteiger partial charge in [0, 0.05) is 33.2 Å². The van der Waals surface area contributed by atoms with E-state index in [2.05, 4.69) is 25.7 Å². The third kappa shape index (κ3) is 1.25. The molecule has 1 aromatic heterocycles. The van der Waals surface area contributed by atoms with Crippen molar-refractivity contribution in [2.75, 3.05) is 31.1 Å². The molecule has 0 amide bonds. The van der Waals surface area contributed by atoms with Gasteiger partial charge in [-0.3, -0.25) is 0 Å². The summed E-state index contributed by atoms with van der Waals surface area (Å²) in [6, 6.07) is 0. The molecule has 1 aliphatic heterocycles. The highest BCUT2D eigenvalue weighted by Crippen LogP contribution is 2.06. The molecule has 6 heteroatoms. The van der Waals surface area contributed by atoms with Crippen LogP contribution in [-0.2, 0) is 7.05 Å². The molecule has 0 aromatic carbocycles. The molecular weight excluding hydrogens is 156 g/mol. The van der Waals surface area contributed by atoms with E-state index >= 15 is 0 Å². The average molecular weight is 168 g/mol. The SMILES string of the molecule is Cn1nnnc1N1CCNCC1. The van der Waals surface area contributed by atoms with Crippen molar-refractivity contribution in [2.24, 2.45) is 7.05 Å². The maximum atomic E-state index is 3.94. The summed E-state index contributed by atoms with van der Waals surface area (Å²) in [6.07, 6.45) is 0. The van der Waals surface area contributed by atoms with E-state index in [0.717, 1.165) is 32.1 Å². The fourth-order valence-electron chi connectivity index (χ4n) is 1.36. The number of aryl methyl sites for hydroxylation is 1. The molecule has 1 fully saturated rings. The molecule has 12 heavy (non-hydrogen) atoms. The fourth-order valence-corrected chi connectivity index (χ4v) is 1.36.